The smallest absolute Gasteiger partial charge is 0.408 e. The van der Waals surface area contributed by atoms with E-state index in [1.54, 1.807) is 32.5 Å². The van der Waals surface area contributed by atoms with E-state index in [-0.39, 0.29) is 0 Å². The van der Waals surface area contributed by atoms with Gasteiger partial charge in [0.05, 0.1) is 0 Å². The van der Waals surface area contributed by atoms with Crippen LogP contribution >= 0.6 is 11.8 Å². The molecule has 1 saturated heterocycles. The molecule has 5 nitrogen and oxygen atoms in total. The summed E-state index contributed by atoms with van der Waals surface area (Å²) in [5.41, 5.74) is 3.74. The highest BCUT2D eigenvalue weighted by molar-refractivity contribution is 8.01. The Hall–Kier alpha value is -0.910. The largest absolute Gasteiger partial charge is 0.444 e. The maximum absolute atomic E-state index is 11.4. The van der Waals surface area contributed by atoms with Gasteiger partial charge < -0.3 is 15.8 Å². The van der Waals surface area contributed by atoms with Crippen molar-refractivity contribution in [1.82, 2.24) is 5.32 Å². The van der Waals surface area contributed by atoms with Crippen LogP contribution in [0.3, 0.4) is 0 Å². The fraction of sp³-hybridized carbons (Fsp3) is 0.778. The SMILES string of the molecule is CC(C)(C)OC(=O)NC1(C(N)=O)CSC1. The summed E-state index contributed by atoms with van der Waals surface area (Å²) < 4.78 is 5.05. The Morgan fingerprint density at radius 2 is 1.93 bits per heavy atom. The minimum atomic E-state index is -0.910. The van der Waals surface area contributed by atoms with Crippen LogP contribution in [0.4, 0.5) is 4.79 Å². The number of ether oxygens (including phenoxy) is 1. The molecule has 0 aromatic rings. The quantitative estimate of drug-likeness (QED) is 0.725. The number of hydrogen-bond acceptors (Lipinski definition) is 4. The van der Waals surface area contributed by atoms with Crippen LogP contribution in [-0.2, 0) is 9.53 Å². The number of carbonyl (C=O) groups is 2. The van der Waals surface area contributed by atoms with Gasteiger partial charge in [-0.25, -0.2) is 4.79 Å². The van der Waals surface area contributed by atoms with Gasteiger partial charge in [-0.2, -0.15) is 11.8 Å². The van der Waals surface area contributed by atoms with Crippen molar-refractivity contribution in [2.24, 2.45) is 5.73 Å². The topological polar surface area (TPSA) is 81.4 Å². The predicted octanol–water partition coefficient (Wildman–Crippen LogP) is 0.482. The van der Waals surface area contributed by atoms with Crippen LogP contribution in [0.2, 0.25) is 0 Å². The average Bonchev–Trinajstić information content (AvgIpc) is 1.92. The number of hydrogen-bond donors (Lipinski definition) is 2. The van der Waals surface area contributed by atoms with Crippen molar-refractivity contribution in [3.05, 3.63) is 0 Å². The molecule has 15 heavy (non-hydrogen) atoms. The summed E-state index contributed by atoms with van der Waals surface area (Å²) in [5.74, 6) is 0.524. The molecular weight excluding hydrogens is 216 g/mol. The molecule has 0 aromatic heterocycles. The lowest BCUT2D eigenvalue weighted by Crippen LogP contribution is -2.66. The second-order valence-corrected chi connectivity index (χ2v) is 5.55. The average molecular weight is 232 g/mol. The molecule has 0 unspecified atom stereocenters. The zero-order valence-electron chi connectivity index (χ0n) is 9.12. The Bertz CT molecular complexity index is 282. The molecular formula is C9H16N2O3S. The number of nitrogens with two attached hydrogens (primary N) is 1. The number of rotatable bonds is 2. The molecule has 3 N–H and O–H groups in total. The first-order chi connectivity index (χ1) is 6.75. The highest BCUT2D eigenvalue weighted by Gasteiger charge is 2.45. The van der Waals surface area contributed by atoms with Gasteiger partial charge in [0.1, 0.15) is 11.1 Å². The van der Waals surface area contributed by atoms with Crippen LogP contribution in [-0.4, -0.2) is 34.6 Å². The van der Waals surface area contributed by atoms with Gasteiger partial charge in [0.25, 0.3) is 0 Å². The van der Waals surface area contributed by atoms with Crippen LogP contribution < -0.4 is 11.1 Å². The molecule has 0 aromatic carbocycles. The van der Waals surface area contributed by atoms with Gasteiger partial charge >= 0.3 is 6.09 Å². The van der Waals surface area contributed by atoms with Gasteiger partial charge in [-0.05, 0) is 20.8 Å². The zero-order valence-corrected chi connectivity index (χ0v) is 9.94. The van der Waals surface area contributed by atoms with Crippen molar-refractivity contribution in [3.8, 4) is 0 Å². The van der Waals surface area contributed by atoms with Gasteiger partial charge in [0.15, 0.2) is 0 Å². The molecule has 0 saturated carbocycles. The monoisotopic (exact) mass is 232 g/mol. The third-order valence-electron chi connectivity index (χ3n) is 1.91. The van der Waals surface area contributed by atoms with E-state index in [2.05, 4.69) is 5.32 Å². The standard InChI is InChI=1S/C9H16N2O3S/c1-8(2,3)14-7(13)11-9(6(10)12)4-15-5-9/h4-5H2,1-3H3,(H2,10,12)(H,11,13). The summed E-state index contributed by atoms with van der Waals surface area (Å²) in [6.45, 7) is 5.29. The normalized spacial score (nSPS) is 18.9. The molecule has 86 valence electrons. The second-order valence-electron chi connectivity index (χ2n) is 4.57. The molecule has 1 aliphatic rings. The van der Waals surface area contributed by atoms with E-state index in [0.717, 1.165) is 0 Å². The van der Waals surface area contributed by atoms with E-state index in [9.17, 15) is 9.59 Å². The van der Waals surface area contributed by atoms with Crippen LogP contribution in [0.1, 0.15) is 20.8 Å². The first-order valence-corrected chi connectivity index (χ1v) is 5.79. The molecule has 6 heteroatoms. The van der Waals surface area contributed by atoms with Gasteiger partial charge in [-0.15, -0.1) is 0 Å². The predicted molar refractivity (Wildman–Crippen MR) is 58.6 cm³/mol. The fourth-order valence-electron chi connectivity index (χ4n) is 1.08. The Balaban J connectivity index is 2.54. The molecule has 0 aliphatic carbocycles. The van der Waals surface area contributed by atoms with Crippen molar-refractivity contribution in [2.45, 2.75) is 31.9 Å². The molecule has 1 aliphatic heterocycles. The van der Waals surface area contributed by atoms with Crippen LogP contribution in [0, 0.1) is 0 Å². The summed E-state index contributed by atoms with van der Waals surface area (Å²) in [4.78, 5) is 22.6. The van der Waals surface area contributed by atoms with Gasteiger partial charge in [0.2, 0.25) is 5.91 Å². The number of primary amides is 1. The summed E-state index contributed by atoms with van der Waals surface area (Å²) in [7, 11) is 0. The molecule has 1 heterocycles. The van der Waals surface area contributed by atoms with Crippen molar-refractivity contribution >= 4 is 23.8 Å². The van der Waals surface area contributed by atoms with E-state index in [4.69, 9.17) is 10.5 Å². The van der Waals surface area contributed by atoms with Gasteiger partial charge in [-0.1, -0.05) is 0 Å². The molecule has 0 radical (unpaired) electrons. The highest BCUT2D eigenvalue weighted by atomic mass is 32.2. The van der Waals surface area contributed by atoms with Crippen molar-refractivity contribution in [2.75, 3.05) is 11.5 Å². The number of thioether (sulfide) groups is 1. The molecule has 1 fully saturated rings. The highest BCUT2D eigenvalue weighted by Crippen LogP contribution is 2.29. The first kappa shape index (κ1) is 12.2. The first-order valence-electron chi connectivity index (χ1n) is 4.64. The second kappa shape index (κ2) is 3.92. The van der Waals surface area contributed by atoms with Crippen LogP contribution in [0.25, 0.3) is 0 Å². The molecule has 0 spiro atoms. The molecule has 1 rings (SSSR count). The van der Waals surface area contributed by atoms with E-state index >= 15 is 0 Å². The van der Waals surface area contributed by atoms with E-state index in [0.29, 0.717) is 11.5 Å². The molecule has 0 atom stereocenters. The van der Waals surface area contributed by atoms with Crippen molar-refractivity contribution in [1.29, 1.82) is 0 Å². The van der Waals surface area contributed by atoms with Crippen LogP contribution in [0.5, 0.6) is 0 Å². The lowest BCUT2D eigenvalue weighted by molar-refractivity contribution is -0.123. The van der Waals surface area contributed by atoms with Crippen molar-refractivity contribution in [3.63, 3.8) is 0 Å². The third-order valence-corrected chi connectivity index (χ3v) is 3.30. The van der Waals surface area contributed by atoms with E-state index in [1.165, 1.54) is 0 Å². The fourth-order valence-corrected chi connectivity index (χ4v) is 2.12. The Labute approximate surface area is 93.1 Å². The van der Waals surface area contributed by atoms with Crippen molar-refractivity contribution < 1.29 is 14.3 Å². The van der Waals surface area contributed by atoms with E-state index < -0.39 is 23.1 Å². The number of amides is 2. The lowest BCUT2D eigenvalue weighted by Gasteiger charge is -2.38. The van der Waals surface area contributed by atoms with E-state index in [1.807, 2.05) is 0 Å². The Kier molecular flexibility index (Phi) is 3.18. The Morgan fingerprint density at radius 1 is 1.40 bits per heavy atom. The summed E-state index contributed by atoms with van der Waals surface area (Å²) >= 11 is 1.56. The molecule has 0 bridgehead atoms. The minimum absolute atomic E-state index is 0.507. The van der Waals surface area contributed by atoms with Crippen LogP contribution in [0.15, 0.2) is 0 Å². The number of alkyl carbamates (subject to hydrolysis) is 1. The third kappa shape index (κ3) is 3.02. The summed E-state index contributed by atoms with van der Waals surface area (Å²) in [6.07, 6.45) is -0.596. The molecule has 2 amide bonds. The number of carbonyl (C=O) groups excluding carboxylic acids is 2. The summed E-state index contributed by atoms with van der Waals surface area (Å²) in [5, 5.41) is 2.53. The maximum Gasteiger partial charge on any atom is 0.408 e. The summed E-state index contributed by atoms with van der Waals surface area (Å²) in [6, 6.07) is 0. The maximum atomic E-state index is 11.4. The Morgan fingerprint density at radius 3 is 2.20 bits per heavy atom. The number of nitrogens with one attached hydrogen (secondary N) is 1. The minimum Gasteiger partial charge on any atom is -0.444 e. The van der Waals surface area contributed by atoms with Gasteiger partial charge in [0, 0.05) is 11.5 Å². The zero-order chi connectivity index (χ0) is 11.7. The lowest BCUT2D eigenvalue weighted by atomic mass is 10.0. The van der Waals surface area contributed by atoms with Gasteiger partial charge in [-0.3, -0.25) is 4.79 Å².